The number of fused-ring (bicyclic) bond motifs is 1. The molecule has 1 aromatic heterocycles. The standard InChI is InChI=1S/C12H12BrN3OS/c1-7-14-15-12(18)16(7)6-9-5-10(13)4-8-2-3-17-11(8)9/h4-5H,2-3,6H2,1H3,(H,15,18). The third-order valence-electron chi connectivity index (χ3n) is 3.10. The van der Waals surface area contributed by atoms with E-state index in [0.717, 1.165) is 34.6 Å². The summed E-state index contributed by atoms with van der Waals surface area (Å²) in [5, 5.41) is 6.92. The number of aryl methyl sites for hydroxylation is 1. The van der Waals surface area contributed by atoms with Gasteiger partial charge in [-0.25, -0.2) is 0 Å². The zero-order valence-corrected chi connectivity index (χ0v) is 12.3. The highest BCUT2D eigenvalue weighted by Gasteiger charge is 2.18. The first-order valence-corrected chi connectivity index (χ1v) is 6.91. The van der Waals surface area contributed by atoms with Gasteiger partial charge in [0.05, 0.1) is 13.2 Å². The Kier molecular flexibility index (Phi) is 2.99. The molecule has 1 aliphatic rings. The maximum atomic E-state index is 5.71. The number of halogens is 1. The van der Waals surface area contributed by atoms with Gasteiger partial charge >= 0.3 is 0 Å². The van der Waals surface area contributed by atoms with Crippen LogP contribution in [0.2, 0.25) is 0 Å². The molecule has 0 saturated heterocycles. The zero-order chi connectivity index (χ0) is 12.7. The van der Waals surface area contributed by atoms with Crippen LogP contribution >= 0.6 is 28.1 Å². The van der Waals surface area contributed by atoms with Crippen LogP contribution in [0.5, 0.6) is 5.75 Å². The molecule has 2 aromatic rings. The van der Waals surface area contributed by atoms with Crippen LogP contribution in [0.4, 0.5) is 0 Å². The van der Waals surface area contributed by atoms with E-state index < -0.39 is 0 Å². The predicted molar refractivity (Wildman–Crippen MR) is 74.6 cm³/mol. The van der Waals surface area contributed by atoms with Crippen LogP contribution in [0.25, 0.3) is 0 Å². The lowest BCUT2D eigenvalue weighted by molar-refractivity contribution is 0.352. The summed E-state index contributed by atoms with van der Waals surface area (Å²) in [6.45, 7) is 3.38. The van der Waals surface area contributed by atoms with Crippen molar-refractivity contribution in [3.63, 3.8) is 0 Å². The van der Waals surface area contributed by atoms with Crippen LogP contribution in [0.1, 0.15) is 17.0 Å². The van der Waals surface area contributed by atoms with E-state index in [4.69, 9.17) is 17.0 Å². The molecule has 3 rings (SSSR count). The van der Waals surface area contributed by atoms with Crippen molar-refractivity contribution in [1.29, 1.82) is 0 Å². The van der Waals surface area contributed by atoms with Gasteiger partial charge in [0.25, 0.3) is 0 Å². The molecule has 1 aliphatic heterocycles. The Bertz CT molecular complexity index is 662. The number of benzene rings is 1. The van der Waals surface area contributed by atoms with Crippen molar-refractivity contribution in [2.45, 2.75) is 19.9 Å². The van der Waals surface area contributed by atoms with Gasteiger partial charge in [-0.05, 0) is 36.8 Å². The summed E-state index contributed by atoms with van der Waals surface area (Å²) in [7, 11) is 0. The average Bonchev–Trinajstić information content (AvgIpc) is 2.90. The predicted octanol–water partition coefficient (Wildman–Crippen LogP) is 2.99. The quantitative estimate of drug-likeness (QED) is 0.863. The minimum atomic E-state index is 0.638. The molecule has 1 aromatic carbocycles. The lowest BCUT2D eigenvalue weighted by atomic mass is 10.1. The average molecular weight is 326 g/mol. The van der Waals surface area contributed by atoms with Crippen molar-refractivity contribution in [1.82, 2.24) is 14.8 Å². The largest absolute Gasteiger partial charge is 0.493 e. The summed E-state index contributed by atoms with van der Waals surface area (Å²) < 4.78 is 9.40. The third kappa shape index (κ3) is 1.99. The van der Waals surface area contributed by atoms with Crippen LogP contribution in [0, 0.1) is 11.7 Å². The summed E-state index contributed by atoms with van der Waals surface area (Å²) in [5.74, 6) is 1.88. The Morgan fingerprint density at radius 2 is 2.39 bits per heavy atom. The van der Waals surface area contributed by atoms with E-state index in [2.05, 4.69) is 38.3 Å². The van der Waals surface area contributed by atoms with Crippen molar-refractivity contribution in [3.05, 3.63) is 38.3 Å². The van der Waals surface area contributed by atoms with Gasteiger partial charge in [-0.3, -0.25) is 9.67 Å². The molecule has 0 spiro atoms. The molecule has 4 nitrogen and oxygen atoms in total. The van der Waals surface area contributed by atoms with Crippen LogP contribution < -0.4 is 4.74 Å². The molecule has 0 saturated carbocycles. The van der Waals surface area contributed by atoms with Crippen LogP contribution in [0.15, 0.2) is 16.6 Å². The first-order chi connectivity index (χ1) is 8.65. The molecule has 0 amide bonds. The maximum Gasteiger partial charge on any atom is 0.195 e. The fraction of sp³-hybridized carbons (Fsp3) is 0.333. The number of nitrogens with one attached hydrogen (secondary N) is 1. The second kappa shape index (κ2) is 4.51. The monoisotopic (exact) mass is 325 g/mol. The van der Waals surface area contributed by atoms with Gasteiger partial charge in [0.2, 0.25) is 0 Å². The minimum absolute atomic E-state index is 0.638. The maximum absolute atomic E-state index is 5.71. The highest BCUT2D eigenvalue weighted by molar-refractivity contribution is 9.10. The highest BCUT2D eigenvalue weighted by atomic mass is 79.9. The number of hydrogen-bond donors (Lipinski definition) is 1. The van der Waals surface area contributed by atoms with Gasteiger partial charge in [-0.1, -0.05) is 15.9 Å². The molecule has 0 atom stereocenters. The molecular formula is C12H12BrN3OS. The van der Waals surface area contributed by atoms with Gasteiger partial charge in [0.15, 0.2) is 4.77 Å². The number of aromatic nitrogens is 3. The van der Waals surface area contributed by atoms with Gasteiger partial charge in [-0.2, -0.15) is 5.10 Å². The molecule has 0 fully saturated rings. The molecule has 1 N–H and O–H groups in total. The van der Waals surface area contributed by atoms with Gasteiger partial charge < -0.3 is 4.74 Å². The lowest BCUT2D eigenvalue weighted by Gasteiger charge is -2.10. The summed E-state index contributed by atoms with van der Waals surface area (Å²) in [6.07, 6.45) is 0.970. The van der Waals surface area contributed by atoms with E-state index in [1.807, 2.05) is 11.5 Å². The molecule has 94 valence electrons. The van der Waals surface area contributed by atoms with Crippen molar-refractivity contribution in [3.8, 4) is 5.75 Å². The minimum Gasteiger partial charge on any atom is -0.493 e. The molecule has 0 aliphatic carbocycles. The molecule has 18 heavy (non-hydrogen) atoms. The summed E-state index contributed by atoms with van der Waals surface area (Å²) in [4.78, 5) is 0. The van der Waals surface area contributed by atoms with Crippen molar-refractivity contribution >= 4 is 28.1 Å². The molecule has 6 heteroatoms. The fourth-order valence-corrected chi connectivity index (χ4v) is 3.01. The van der Waals surface area contributed by atoms with Crippen LogP contribution in [0.3, 0.4) is 0 Å². The number of aromatic amines is 1. The highest BCUT2D eigenvalue weighted by Crippen LogP contribution is 2.33. The van der Waals surface area contributed by atoms with Crippen molar-refractivity contribution in [2.75, 3.05) is 6.61 Å². The number of ether oxygens (including phenoxy) is 1. The number of hydrogen-bond acceptors (Lipinski definition) is 3. The lowest BCUT2D eigenvalue weighted by Crippen LogP contribution is -2.04. The Morgan fingerprint density at radius 1 is 1.56 bits per heavy atom. The summed E-state index contributed by atoms with van der Waals surface area (Å²) in [5.41, 5.74) is 2.39. The molecular weight excluding hydrogens is 314 g/mol. The summed E-state index contributed by atoms with van der Waals surface area (Å²) >= 11 is 8.77. The SMILES string of the molecule is Cc1n[nH]c(=S)n1Cc1cc(Br)cc2c1OCC2. The molecule has 2 heterocycles. The number of rotatable bonds is 2. The Morgan fingerprint density at radius 3 is 3.11 bits per heavy atom. The van der Waals surface area contributed by atoms with E-state index in [1.165, 1.54) is 5.56 Å². The molecule has 0 radical (unpaired) electrons. The van der Waals surface area contributed by atoms with Gasteiger partial charge in [0.1, 0.15) is 11.6 Å². The molecule has 0 unspecified atom stereocenters. The van der Waals surface area contributed by atoms with Gasteiger partial charge in [-0.15, -0.1) is 0 Å². The first-order valence-electron chi connectivity index (χ1n) is 5.71. The zero-order valence-electron chi connectivity index (χ0n) is 9.86. The third-order valence-corrected chi connectivity index (χ3v) is 3.87. The van der Waals surface area contributed by atoms with E-state index in [0.29, 0.717) is 11.3 Å². The van der Waals surface area contributed by atoms with Crippen molar-refractivity contribution in [2.24, 2.45) is 0 Å². The van der Waals surface area contributed by atoms with Crippen LogP contribution in [-0.2, 0) is 13.0 Å². The Balaban J connectivity index is 2.06. The fourth-order valence-electron chi connectivity index (χ4n) is 2.22. The van der Waals surface area contributed by atoms with Crippen LogP contribution in [-0.4, -0.2) is 21.4 Å². The van der Waals surface area contributed by atoms with Gasteiger partial charge in [0, 0.05) is 16.5 Å². The first kappa shape index (κ1) is 11.9. The Labute approximate surface area is 118 Å². The Hall–Kier alpha value is -1.14. The summed E-state index contributed by atoms with van der Waals surface area (Å²) in [6, 6.07) is 4.20. The topological polar surface area (TPSA) is 42.8 Å². The number of nitrogens with zero attached hydrogens (tertiary/aromatic N) is 2. The van der Waals surface area contributed by atoms with E-state index in [9.17, 15) is 0 Å². The van der Waals surface area contributed by atoms with E-state index in [1.54, 1.807) is 0 Å². The molecule has 0 bridgehead atoms. The second-order valence-corrected chi connectivity index (χ2v) is 5.62. The number of H-pyrrole nitrogens is 1. The smallest absolute Gasteiger partial charge is 0.195 e. The second-order valence-electron chi connectivity index (χ2n) is 4.31. The van der Waals surface area contributed by atoms with E-state index in [-0.39, 0.29) is 0 Å². The normalized spacial score (nSPS) is 13.4. The van der Waals surface area contributed by atoms with Crippen molar-refractivity contribution < 1.29 is 4.74 Å². The van der Waals surface area contributed by atoms with E-state index >= 15 is 0 Å².